The molecule has 0 aliphatic heterocycles. The zero-order chi connectivity index (χ0) is 12.3. The highest BCUT2D eigenvalue weighted by molar-refractivity contribution is 9.10. The van der Waals surface area contributed by atoms with Crippen LogP contribution in [0.5, 0.6) is 0 Å². The van der Waals surface area contributed by atoms with Gasteiger partial charge >= 0.3 is 0 Å². The summed E-state index contributed by atoms with van der Waals surface area (Å²) in [4.78, 5) is 15.8. The number of hydrogen-bond donors (Lipinski definition) is 1. The van der Waals surface area contributed by atoms with Crippen molar-refractivity contribution in [2.75, 3.05) is 5.32 Å². The summed E-state index contributed by atoms with van der Waals surface area (Å²) in [6.07, 6.45) is 3.19. The van der Waals surface area contributed by atoms with Crippen molar-refractivity contribution < 1.29 is 4.79 Å². The minimum atomic E-state index is -0.142. The molecule has 0 saturated carbocycles. The van der Waals surface area contributed by atoms with Crippen LogP contribution in [0.3, 0.4) is 0 Å². The van der Waals surface area contributed by atoms with Gasteiger partial charge in [-0.05, 0) is 52.7 Å². The quantitative estimate of drug-likeness (QED) is 0.921. The van der Waals surface area contributed by atoms with Gasteiger partial charge in [-0.3, -0.25) is 9.78 Å². The number of nitrogens with one attached hydrogen (secondary N) is 1. The van der Waals surface area contributed by atoms with Crippen molar-refractivity contribution in [3.05, 3.63) is 58.3 Å². The Labute approximate surface area is 108 Å². The van der Waals surface area contributed by atoms with Gasteiger partial charge in [-0.2, -0.15) is 0 Å². The Bertz CT molecular complexity index is 540. The molecule has 0 unspecified atom stereocenters. The third kappa shape index (κ3) is 2.91. The molecule has 0 saturated heterocycles. The number of nitrogens with zero attached hydrogens (tertiary/aromatic N) is 1. The number of amides is 1. The first-order valence-electron chi connectivity index (χ1n) is 5.14. The van der Waals surface area contributed by atoms with E-state index in [1.165, 1.54) is 0 Å². The smallest absolute Gasteiger partial charge is 0.255 e. The van der Waals surface area contributed by atoms with Crippen LogP contribution < -0.4 is 5.32 Å². The number of aryl methyl sites for hydroxylation is 1. The number of anilines is 1. The fourth-order valence-corrected chi connectivity index (χ4v) is 2.01. The molecule has 0 fully saturated rings. The van der Waals surface area contributed by atoms with E-state index in [4.69, 9.17) is 0 Å². The third-order valence-corrected chi connectivity index (χ3v) is 2.97. The molecule has 0 aliphatic carbocycles. The second-order valence-corrected chi connectivity index (χ2v) is 4.53. The largest absolute Gasteiger partial charge is 0.321 e. The van der Waals surface area contributed by atoms with E-state index >= 15 is 0 Å². The lowest BCUT2D eigenvalue weighted by Gasteiger charge is -2.07. The van der Waals surface area contributed by atoms with E-state index in [0.717, 1.165) is 15.7 Å². The van der Waals surface area contributed by atoms with Crippen molar-refractivity contribution in [1.82, 2.24) is 4.98 Å². The molecule has 0 aliphatic rings. The van der Waals surface area contributed by atoms with E-state index in [1.54, 1.807) is 24.5 Å². The number of rotatable bonds is 2. The topological polar surface area (TPSA) is 42.0 Å². The zero-order valence-electron chi connectivity index (χ0n) is 9.27. The van der Waals surface area contributed by atoms with Gasteiger partial charge in [0.15, 0.2) is 0 Å². The Morgan fingerprint density at radius 1 is 1.24 bits per heavy atom. The van der Waals surface area contributed by atoms with Crippen molar-refractivity contribution in [1.29, 1.82) is 0 Å². The lowest BCUT2D eigenvalue weighted by molar-refractivity contribution is 0.102. The molecule has 1 amide bonds. The van der Waals surface area contributed by atoms with Gasteiger partial charge in [0.1, 0.15) is 0 Å². The molecule has 1 aromatic heterocycles. The first-order valence-corrected chi connectivity index (χ1v) is 5.93. The number of pyridine rings is 1. The molecular weight excluding hydrogens is 280 g/mol. The molecule has 0 bridgehead atoms. The zero-order valence-corrected chi connectivity index (χ0v) is 10.9. The second-order valence-electron chi connectivity index (χ2n) is 3.67. The lowest BCUT2D eigenvalue weighted by atomic mass is 10.2. The molecule has 0 radical (unpaired) electrons. The first-order chi connectivity index (χ1) is 8.16. The molecule has 86 valence electrons. The highest BCUT2D eigenvalue weighted by atomic mass is 79.9. The number of aromatic nitrogens is 1. The number of halogens is 1. The Morgan fingerprint density at radius 2 is 1.94 bits per heavy atom. The van der Waals surface area contributed by atoms with Crippen molar-refractivity contribution >= 4 is 27.5 Å². The minimum Gasteiger partial charge on any atom is -0.321 e. The van der Waals surface area contributed by atoms with Crippen molar-refractivity contribution in [3.8, 4) is 0 Å². The van der Waals surface area contributed by atoms with Crippen LogP contribution in [0.1, 0.15) is 15.9 Å². The summed E-state index contributed by atoms with van der Waals surface area (Å²) in [5.41, 5.74) is 2.49. The maximum Gasteiger partial charge on any atom is 0.255 e. The van der Waals surface area contributed by atoms with Gasteiger partial charge in [0.25, 0.3) is 5.91 Å². The average molecular weight is 291 g/mol. The van der Waals surface area contributed by atoms with Crippen LogP contribution in [-0.4, -0.2) is 10.9 Å². The number of benzene rings is 1. The summed E-state index contributed by atoms with van der Waals surface area (Å²) >= 11 is 3.42. The summed E-state index contributed by atoms with van der Waals surface area (Å²) < 4.78 is 0.875. The van der Waals surface area contributed by atoms with E-state index in [1.807, 2.05) is 25.1 Å². The molecule has 0 spiro atoms. The molecular formula is C13H11BrN2O. The van der Waals surface area contributed by atoms with Crippen molar-refractivity contribution in [3.63, 3.8) is 0 Å². The Balaban J connectivity index is 2.19. The van der Waals surface area contributed by atoms with Gasteiger partial charge in [0, 0.05) is 22.4 Å². The number of hydrogen-bond acceptors (Lipinski definition) is 2. The van der Waals surface area contributed by atoms with E-state index in [-0.39, 0.29) is 5.91 Å². The van der Waals surface area contributed by atoms with Crippen LogP contribution in [0.15, 0.2) is 47.2 Å². The van der Waals surface area contributed by atoms with E-state index < -0.39 is 0 Å². The third-order valence-electron chi connectivity index (χ3n) is 2.32. The summed E-state index contributed by atoms with van der Waals surface area (Å²) in [5, 5.41) is 2.84. The molecule has 1 N–H and O–H groups in total. The minimum absolute atomic E-state index is 0.142. The fourth-order valence-electron chi connectivity index (χ4n) is 1.42. The first kappa shape index (κ1) is 11.8. The predicted octanol–water partition coefficient (Wildman–Crippen LogP) is 3.40. The van der Waals surface area contributed by atoms with E-state index in [2.05, 4.69) is 26.2 Å². The molecule has 1 aromatic carbocycles. The lowest BCUT2D eigenvalue weighted by Crippen LogP contribution is -2.12. The van der Waals surface area contributed by atoms with Gasteiger partial charge in [0.2, 0.25) is 0 Å². The normalized spacial score (nSPS) is 10.0. The molecule has 17 heavy (non-hydrogen) atoms. The maximum absolute atomic E-state index is 11.9. The van der Waals surface area contributed by atoms with Gasteiger partial charge in [-0.15, -0.1) is 0 Å². The molecule has 2 aromatic rings. The average Bonchev–Trinajstić information content (AvgIpc) is 2.34. The Kier molecular flexibility index (Phi) is 3.54. The summed E-state index contributed by atoms with van der Waals surface area (Å²) in [7, 11) is 0. The molecule has 0 atom stereocenters. The van der Waals surface area contributed by atoms with E-state index in [9.17, 15) is 4.79 Å². The van der Waals surface area contributed by atoms with Crippen LogP contribution in [0, 0.1) is 6.92 Å². The number of carbonyl (C=O) groups excluding carboxylic acids is 1. The number of carbonyl (C=O) groups is 1. The monoisotopic (exact) mass is 290 g/mol. The summed E-state index contributed by atoms with van der Waals surface area (Å²) in [6, 6.07) is 9.14. The van der Waals surface area contributed by atoms with Gasteiger partial charge < -0.3 is 5.32 Å². The molecule has 4 heteroatoms. The van der Waals surface area contributed by atoms with Crippen LogP contribution in [-0.2, 0) is 0 Å². The van der Waals surface area contributed by atoms with Gasteiger partial charge in [-0.1, -0.05) is 6.07 Å². The Hall–Kier alpha value is -1.68. The second kappa shape index (κ2) is 5.10. The van der Waals surface area contributed by atoms with Crippen molar-refractivity contribution in [2.24, 2.45) is 0 Å². The van der Waals surface area contributed by atoms with Crippen LogP contribution >= 0.6 is 15.9 Å². The van der Waals surface area contributed by atoms with Crippen LogP contribution in [0.2, 0.25) is 0 Å². The van der Waals surface area contributed by atoms with Crippen LogP contribution in [0.25, 0.3) is 0 Å². The summed E-state index contributed by atoms with van der Waals surface area (Å²) in [5.74, 6) is -0.142. The molecule has 1 heterocycles. The maximum atomic E-state index is 11.9. The fraction of sp³-hybridized carbons (Fsp3) is 0.0769. The highest BCUT2D eigenvalue weighted by Gasteiger charge is 2.07. The molecule has 3 nitrogen and oxygen atoms in total. The highest BCUT2D eigenvalue weighted by Crippen LogP contribution is 2.23. The van der Waals surface area contributed by atoms with Crippen LogP contribution in [0.4, 0.5) is 5.69 Å². The van der Waals surface area contributed by atoms with Crippen molar-refractivity contribution in [2.45, 2.75) is 6.92 Å². The molecule has 2 rings (SSSR count). The van der Waals surface area contributed by atoms with Gasteiger partial charge in [-0.25, -0.2) is 0 Å². The Morgan fingerprint density at radius 3 is 2.59 bits per heavy atom. The SMILES string of the molecule is Cc1ccc(NC(=O)c2ccncc2)c(Br)c1. The summed E-state index contributed by atoms with van der Waals surface area (Å²) in [6.45, 7) is 2.00. The van der Waals surface area contributed by atoms with Gasteiger partial charge in [0.05, 0.1) is 5.69 Å². The standard InChI is InChI=1S/C13H11BrN2O/c1-9-2-3-12(11(14)8-9)16-13(17)10-4-6-15-7-5-10/h2-8H,1H3,(H,16,17). The predicted molar refractivity (Wildman–Crippen MR) is 71.1 cm³/mol. The van der Waals surface area contributed by atoms with E-state index in [0.29, 0.717) is 5.56 Å².